The fraction of sp³-hybridized carbons (Fsp3) is 0.455. The Labute approximate surface area is 102 Å². The molecule has 1 amide bonds. The van der Waals surface area contributed by atoms with Crippen LogP contribution in [0.25, 0.3) is 0 Å². The summed E-state index contributed by atoms with van der Waals surface area (Å²) in [5.74, 6) is -0.803. The van der Waals surface area contributed by atoms with Gasteiger partial charge in [-0.25, -0.2) is 4.79 Å². The second-order valence-corrected chi connectivity index (χ2v) is 4.86. The molecular weight excluding hydrogens is 242 g/mol. The van der Waals surface area contributed by atoms with Crippen molar-refractivity contribution in [2.24, 2.45) is 5.92 Å². The molecule has 1 aliphatic carbocycles. The maximum absolute atomic E-state index is 11.9. The molecule has 5 nitrogen and oxygen atoms in total. The molecule has 1 saturated carbocycles. The van der Waals surface area contributed by atoms with Crippen molar-refractivity contribution in [3.8, 4) is 5.75 Å². The lowest BCUT2D eigenvalue weighted by molar-refractivity contribution is -0.139. The highest BCUT2D eigenvalue weighted by Crippen LogP contribution is 2.33. The lowest BCUT2D eigenvalue weighted by Gasteiger charge is -2.13. The molecule has 1 fully saturated rings. The van der Waals surface area contributed by atoms with Crippen molar-refractivity contribution in [3.05, 3.63) is 16.3 Å². The summed E-state index contributed by atoms with van der Waals surface area (Å²) in [6.07, 6.45) is 1.72. The van der Waals surface area contributed by atoms with E-state index in [4.69, 9.17) is 9.84 Å². The number of carboxylic acids is 1. The quantitative estimate of drug-likeness (QED) is 0.832. The van der Waals surface area contributed by atoms with Gasteiger partial charge >= 0.3 is 5.97 Å². The summed E-state index contributed by atoms with van der Waals surface area (Å²) in [5, 5.41) is 13.3. The van der Waals surface area contributed by atoms with Gasteiger partial charge in [0.15, 0.2) is 0 Å². The van der Waals surface area contributed by atoms with Crippen LogP contribution in [0.4, 0.5) is 0 Å². The van der Waals surface area contributed by atoms with E-state index in [0.29, 0.717) is 10.6 Å². The third-order valence-electron chi connectivity index (χ3n) is 2.70. The normalized spacial score (nSPS) is 16.3. The van der Waals surface area contributed by atoms with E-state index in [0.717, 1.165) is 12.8 Å². The van der Waals surface area contributed by atoms with Crippen LogP contribution < -0.4 is 10.1 Å². The number of thiophene rings is 1. The van der Waals surface area contributed by atoms with Crippen LogP contribution >= 0.6 is 11.3 Å². The van der Waals surface area contributed by atoms with Gasteiger partial charge in [0, 0.05) is 0 Å². The molecule has 2 rings (SSSR count). The van der Waals surface area contributed by atoms with E-state index in [9.17, 15) is 9.59 Å². The van der Waals surface area contributed by atoms with E-state index >= 15 is 0 Å². The van der Waals surface area contributed by atoms with Crippen molar-refractivity contribution in [2.45, 2.75) is 18.9 Å². The van der Waals surface area contributed by atoms with E-state index < -0.39 is 12.0 Å². The van der Waals surface area contributed by atoms with E-state index in [-0.39, 0.29) is 11.8 Å². The molecule has 0 spiro atoms. The van der Waals surface area contributed by atoms with Crippen LogP contribution in [0.5, 0.6) is 5.75 Å². The summed E-state index contributed by atoms with van der Waals surface area (Å²) in [5.41, 5.74) is 0. The maximum Gasteiger partial charge on any atom is 0.326 e. The first-order valence-corrected chi connectivity index (χ1v) is 6.16. The van der Waals surface area contributed by atoms with Crippen molar-refractivity contribution in [2.75, 3.05) is 7.11 Å². The van der Waals surface area contributed by atoms with Gasteiger partial charge < -0.3 is 15.2 Å². The van der Waals surface area contributed by atoms with Gasteiger partial charge in [-0.1, -0.05) is 0 Å². The number of ether oxygens (including phenoxy) is 1. The van der Waals surface area contributed by atoms with Crippen LogP contribution in [0.15, 0.2) is 11.4 Å². The zero-order chi connectivity index (χ0) is 12.4. The first-order valence-electron chi connectivity index (χ1n) is 5.28. The molecule has 0 saturated heterocycles. The number of hydrogen-bond acceptors (Lipinski definition) is 4. The van der Waals surface area contributed by atoms with Gasteiger partial charge in [-0.3, -0.25) is 4.79 Å². The third-order valence-corrected chi connectivity index (χ3v) is 3.60. The van der Waals surface area contributed by atoms with Crippen molar-refractivity contribution in [1.82, 2.24) is 5.32 Å². The van der Waals surface area contributed by atoms with Crippen LogP contribution in [0, 0.1) is 5.92 Å². The molecule has 0 radical (unpaired) electrons. The topological polar surface area (TPSA) is 75.6 Å². The molecule has 6 heteroatoms. The van der Waals surface area contributed by atoms with Crippen LogP contribution in [0.1, 0.15) is 22.5 Å². The highest BCUT2D eigenvalue weighted by Gasteiger charge is 2.37. The Kier molecular flexibility index (Phi) is 3.33. The molecule has 1 unspecified atom stereocenters. The fourth-order valence-corrected chi connectivity index (χ4v) is 2.40. The number of aliphatic carboxylic acids is 1. The third kappa shape index (κ3) is 2.58. The minimum absolute atomic E-state index is 0.0717. The van der Waals surface area contributed by atoms with E-state index in [2.05, 4.69) is 5.32 Å². The number of rotatable bonds is 5. The molecule has 1 aliphatic rings. The summed E-state index contributed by atoms with van der Waals surface area (Å²) >= 11 is 1.24. The van der Waals surface area contributed by atoms with Gasteiger partial charge in [-0.05, 0) is 30.2 Å². The van der Waals surface area contributed by atoms with Gasteiger partial charge in [-0.15, -0.1) is 11.3 Å². The van der Waals surface area contributed by atoms with Gasteiger partial charge in [0.1, 0.15) is 16.7 Å². The predicted molar refractivity (Wildman–Crippen MR) is 62.5 cm³/mol. The van der Waals surface area contributed by atoms with Crippen LogP contribution in [-0.4, -0.2) is 30.1 Å². The smallest absolute Gasteiger partial charge is 0.326 e. The molecule has 0 aliphatic heterocycles. The highest BCUT2D eigenvalue weighted by molar-refractivity contribution is 7.12. The van der Waals surface area contributed by atoms with Crippen LogP contribution in [0.3, 0.4) is 0 Å². The Bertz CT molecular complexity index is 438. The lowest BCUT2D eigenvalue weighted by atomic mass is 10.2. The van der Waals surface area contributed by atoms with Crippen molar-refractivity contribution in [3.63, 3.8) is 0 Å². The summed E-state index contributed by atoms with van der Waals surface area (Å²) in [7, 11) is 1.48. The molecule has 92 valence electrons. The molecule has 1 aromatic heterocycles. The Morgan fingerprint density at radius 1 is 1.59 bits per heavy atom. The number of carbonyl (C=O) groups is 2. The minimum atomic E-state index is -0.976. The van der Waals surface area contributed by atoms with Crippen LogP contribution in [-0.2, 0) is 4.79 Å². The minimum Gasteiger partial charge on any atom is -0.495 e. The zero-order valence-electron chi connectivity index (χ0n) is 9.30. The Hall–Kier alpha value is -1.56. The lowest BCUT2D eigenvalue weighted by Crippen LogP contribution is -2.42. The molecule has 1 atom stereocenters. The Morgan fingerprint density at radius 3 is 2.82 bits per heavy atom. The molecular formula is C11H13NO4S. The SMILES string of the molecule is COc1ccsc1C(=O)NC(C(=O)O)C1CC1. The number of amides is 1. The average Bonchev–Trinajstić information content (AvgIpc) is 3.01. The Morgan fingerprint density at radius 2 is 2.29 bits per heavy atom. The number of carboxylic acid groups (broad SMARTS) is 1. The van der Waals surface area contributed by atoms with E-state index in [1.807, 2.05) is 0 Å². The summed E-state index contributed by atoms with van der Waals surface area (Å²) < 4.78 is 5.03. The van der Waals surface area contributed by atoms with Gasteiger partial charge in [-0.2, -0.15) is 0 Å². The number of hydrogen-bond donors (Lipinski definition) is 2. The standard InChI is InChI=1S/C11H13NO4S/c1-16-7-4-5-17-9(7)10(13)12-8(11(14)15)6-2-3-6/h4-6,8H,2-3H2,1H3,(H,12,13)(H,14,15). The average molecular weight is 255 g/mol. The summed E-state index contributed by atoms with van der Waals surface area (Å²) in [6.45, 7) is 0. The maximum atomic E-state index is 11.9. The zero-order valence-corrected chi connectivity index (χ0v) is 10.1. The molecule has 2 N–H and O–H groups in total. The van der Waals surface area contributed by atoms with Gasteiger partial charge in [0.25, 0.3) is 5.91 Å². The fourth-order valence-electron chi connectivity index (χ4n) is 1.64. The molecule has 0 bridgehead atoms. The molecule has 1 heterocycles. The van der Waals surface area contributed by atoms with Gasteiger partial charge in [0.05, 0.1) is 7.11 Å². The predicted octanol–water partition coefficient (Wildman–Crippen LogP) is 1.35. The second kappa shape index (κ2) is 4.75. The van der Waals surface area contributed by atoms with Gasteiger partial charge in [0.2, 0.25) is 0 Å². The first-order chi connectivity index (χ1) is 8.13. The van der Waals surface area contributed by atoms with Crippen molar-refractivity contribution >= 4 is 23.2 Å². The summed E-state index contributed by atoms with van der Waals surface area (Å²) in [6, 6.07) is 0.904. The number of nitrogens with one attached hydrogen (secondary N) is 1. The van der Waals surface area contributed by atoms with Crippen molar-refractivity contribution in [1.29, 1.82) is 0 Å². The monoisotopic (exact) mass is 255 g/mol. The highest BCUT2D eigenvalue weighted by atomic mass is 32.1. The van der Waals surface area contributed by atoms with Crippen molar-refractivity contribution < 1.29 is 19.4 Å². The van der Waals surface area contributed by atoms with E-state index in [1.54, 1.807) is 11.4 Å². The second-order valence-electron chi connectivity index (χ2n) is 3.94. The summed E-state index contributed by atoms with van der Waals surface area (Å²) in [4.78, 5) is 23.3. The Balaban J connectivity index is 2.07. The largest absolute Gasteiger partial charge is 0.495 e. The first kappa shape index (κ1) is 11.9. The molecule has 0 aromatic carbocycles. The number of methoxy groups -OCH3 is 1. The molecule has 17 heavy (non-hydrogen) atoms. The number of carbonyl (C=O) groups excluding carboxylic acids is 1. The van der Waals surface area contributed by atoms with E-state index in [1.165, 1.54) is 18.4 Å². The van der Waals surface area contributed by atoms with Crippen LogP contribution in [0.2, 0.25) is 0 Å². The molecule has 1 aromatic rings.